The fraction of sp³-hybridized carbons (Fsp3) is 0.350. The summed E-state index contributed by atoms with van der Waals surface area (Å²) < 4.78 is 64.3. The largest absolute Gasteiger partial charge is 0.417 e. The maximum atomic E-state index is 12.9. The van der Waals surface area contributed by atoms with E-state index in [4.69, 9.17) is 11.6 Å². The summed E-state index contributed by atoms with van der Waals surface area (Å²) in [5, 5.41) is 1.92. The van der Waals surface area contributed by atoms with Gasteiger partial charge in [-0.25, -0.2) is 8.42 Å². The molecule has 30 heavy (non-hydrogen) atoms. The predicted octanol–water partition coefficient (Wildman–Crippen LogP) is 5.16. The lowest BCUT2D eigenvalue weighted by Gasteiger charge is -2.23. The number of carbonyl (C=O) groups is 1. The third-order valence-electron chi connectivity index (χ3n) is 4.50. The standard InChI is InChI=1S/C20H22ClF3N2O3S/c1-13-6-8-16(11-14(13)2)26(30(3,28)29)10-4-5-19(27)25-15-7-9-18(21)17(12-15)20(22,23)24/h6-9,11-12H,4-5,10H2,1-3H3,(H,25,27). The van der Waals surface area contributed by atoms with Gasteiger partial charge in [0.2, 0.25) is 15.9 Å². The number of halogens is 4. The molecule has 5 nitrogen and oxygen atoms in total. The molecule has 0 saturated carbocycles. The minimum absolute atomic E-state index is 0.0362. The summed E-state index contributed by atoms with van der Waals surface area (Å²) in [6.45, 7) is 3.84. The molecular formula is C20H22ClF3N2O3S. The maximum absolute atomic E-state index is 12.9. The van der Waals surface area contributed by atoms with Crippen LogP contribution in [0.2, 0.25) is 5.02 Å². The molecule has 1 amide bonds. The first kappa shape index (κ1) is 24.0. The molecular weight excluding hydrogens is 441 g/mol. The zero-order valence-electron chi connectivity index (χ0n) is 16.7. The fourth-order valence-electron chi connectivity index (χ4n) is 2.79. The average Bonchev–Trinajstić information content (AvgIpc) is 2.61. The van der Waals surface area contributed by atoms with Gasteiger partial charge in [-0.1, -0.05) is 17.7 Å². The summed E-state index contributed by atoms with van der Waals surface area (Å²) in [6.07, 6.45) is -3.44. The molecule has 0 aliphatic rings. The summed E-state index contributed by atoms with van der Waals surface area (Å²) in [7, 11) is -3.57. The lowest BCUT2D eigenvalue weighted by atomic mass is 10.1. The minimum atomic E-state index is -4.64. The molecule has 1 N–H and O–H groups in total. The highest BCUT2D eigenvalue weighted by atomic mass is 35.5. The van der Waals surface area contributed by atoms with Gasteiger partial charge in [0.25, 0.3) is 0 Å². The zero-order valence-corrected chi connectivity index (χ0v) is 18.2. The topological polar surface area (TPSA) is 66.5 Å². The fourth-order valence-corrected chi connectivity index (χ4v) is 3.98. The quantitative estimate of drug-likeness (QED) is 0.618. The molecule has 2 aromatic rings. The zero-order chi connectivity index (χ0) is 22.7. The van der Waals surface area contributed by atoms with E-state index in [0.717, 1.165) is 29.5 Å². The molecule has 0 aromatic heterocycles. The minimum Gasteiger partial charge on any atom is -0.326 e. The van der Waals surface area contributed by atoms with Gasteiger partial charge in [0.1, 0.15) is 0 Å². The summed E-state index contributed by atoms with van der Waals surface area (Å²) in [6, 6.07) is 8.35. The van der Waals surface area contributed by atoms with Crippen molar-refractivity contribution in [3.63, 3.8) is 0 Å². The number of hydrogen-bond donors (Lipinski definition) is 1. The van der Waals surface area contributed by atoms with Crippen LogP contribution in [0.15, 0.2) is 36.4 Å². The Kier molecular flexibility index (Phi) is 7.41. The SMILES string of the molecule is Cc1ccc(N(CCCC(=O)Nc2ccc(Cl)c(C(F)(F)F)c2)S(C)(=O)=O)cc1C. The van der Waals surface area contributed by atoms with Gasteiger partial charge in [-0.3, -0.25) is 9.10 Å². The van der Waals surface area contributed by atoms with E-state index >= 15 is 0 Å². The van der Waals surface area contributed by atoms with E-state index < -0.39 is 32.7 Å². The van der Waals surface area contributed by atoms with Crippen molar-refractivity contribution in [2.75, 3.05) is 22.4 Å². The molecule has 0 aliphatic heterocycles. The molecule has 0 aliphatic carbocycles. The van der Waals surface area contributed by atoms with Gasteiger partial charge < -0.3 is 5.32 Å². The van der Waals surface area contributed by atoms with Gasteiger partial charge in [0.05, 0.1) is 22.5 Å². The monoisotopic (exact) mass is 462 g/mol. The van der Waals surface area contributed by atoms with Crippen LogP contribution in [0.1, 0.15) is 29.5 Å². The Morgan fingerprint density at radius 2 is 1.77 bits per heavy atom. The Labute approximate surface area is 178 Å². The van der Waals surface area contributed by atoms with Crippen molar-refractivity contribution in [2.45, 2.75) is 32.9 Å². The number of amides is 1. The number of sulfonamides is 1. The molecule has 0 saturated heterocycles. The number of hydrogen-bond acceptors (Lipinski definition) is 3. The number of anilines is 2. The lowest BCUT2D eigenvalue weighted by Crippen LogP contribution is -2.31. The van der Waals surface area contributed by atoms with Crippen molar-refractivity contribution in [2.24, 2.45) is 0 Å². The molecule has 10 heteroatoms. The van der Waals surface area contributed by atoms with Gasteiger partial charge >= 0.3 is 6.18 Å². The van der Waals surface area contributed by atoms with Crippen molar-refractivity contribution in [1.29, 1.82) is 0 Å². The molecule has 0 radical (unpaired) electrons. The second-order valence-electron chi connectivity index (χ2n) is 6.95. The van der Waals surface area contributed by atoms with Crippen molar-refractivity contribution in [1.82, 2.24) is 0 Å². The van der Waals surface area contributed by atoms with Crippen molar-refractivity contribution in [3.8, 4) is 0 Å². The van der Waals surface area contributed by atoms with E-state index in [9.17, 15) is 26.4 Å². The van der Waals surface area contributed by atoms with Gasteiger partial charge in [-0.15, -0.1) is 0 Å². The van der Waals surface area contributed by atoms with Crippen LogP contribution in [-0.4, -0.2) is 27.1 Å². The van der Waals surface area contributed by atoms with Gasteiger partial charge in [-0.05, 0) is 61.7 Å². The first-order valence-electron chi connectivity index (χ1n) is 9.00. The Hall–Kier alpha value is -2.26. The van der Waals surface area contributed by atoms with Crippen LogP contribution >= 0.6 is 11.6 Å². The number of benzene rings is 2. The van der Waals surface area contributed by atoms with E-state index in [1.807, 2.05) is 19.9 Å². The summed E-state index contributed by atoms with van der Waals surface area (Å²) in [5.74, 6) is -0.529. The van der Waals surface area contributed by atoms with E-state index in [0.29, 0.717) is 5.69 Å². The number of carbonyl (C=O) groups excluding carboxylic acids is 1. The van der Waals surface area contributed by atoms with E-state index in [2.05, 4.69) is 5.32 Å². The molecule has 2 rings (SSSR count). The molecule has 0 spiro atoms. The van der Waals surface area contributed by atoms with Crippen molar-refractivity contribution < 1.29 is 26.4 Å². The highest BCUT2D eigenvalue weighted by Gasteiger charge is 2.33. The van der Waals surface area contributed by atoms with Crippen LogP contribution < -0.4 is 9.62 Å². The Morgan fingerprint density at radius 1 is 1.10 bits per heavy atom. The number of aryl methyl sites for hydroxylation is 2. The molecule has 2 aromatic carbocycles. The summed E-state index contributed by atoms with van der Waals surface area (Å²) in [4.78, 5) is 12.1. The van der Waals surface area contributed by atoms with Crippen molar-refractivity contribution in [3.05, 3.63) is 58.1 Å². The highest BCUT2D eigenvalue weighted by molar-refractivity contribution is 7.92. The van der Waals surface area contributed by atoms with Crippen LogP contribution in [0, 0.1) is 13.8 Å². The number of rotatable bonds is 7. The van der Waals surface area contributed by atoms with Gasteiger partial charge in [-0.2, -0.15) is 13.2 Å². The maximum Gasteiger partial charge on any atom is 0.417 e. The summed E-state index contributed by atoms with van der Waals surface area (Å²) in [5.41, 5.74) is 1.37. The molecule has 0 fully saturated rings. The average molecular weight is 463 g/mol. The second-order valence-corrected chi connectivity index (χ2v) is 9.26. The van der Waals surface area contributed by atoms with E-state index in [1.54, 1.807) is 12.1 Å². The summed E-state index contributed by atoms with van der Waals surface area (Å²) >= 11 is 5.56. The first-order chi connectivity index (χ1) is 13.8. The number of nitrogens with one attached hydrogen (secondary N) is 1. The number of alkyl halides is 3. The lowest BCUT2D eigenvalue weighted by molar-refractivity contribution is -0.137. The Bertz CT molecular complexity index is 1040. The second kappa shape index (κ2) is 9.26. The molecule has 0 atom stereocenters. The normalized spacial score (nSPS) is 12.0. The predicted molar refractivity (Wildman–Crippen MR) is 112 cm³/mol. The Morgan fingerprint density at radius 3 is 2.33 bits per heavy atom. The van der Waals surface area contributed by atoms with Crippen LogP contribution in [-0.2, 0) is 21.0 Å². The van der Waals surface area contributed by atoms with Crippen LogP contribution in [0.5, 0.6) is 0 Å². The molecule has 0 unspecified atom stereocenters. The molecule has 0 heterocycles. The highest BCUT2D eigenvalue weighted by Crippen LogP contribution is 2.36. The van der Waals surface area contributed by atoms with Crippen molar-refractivity contribution >= 4 is 38.9 Å². The van der Waals surface area contributed by atoms with Gasteiger partial charge in [0, 0.05) is 18.7 Å². The van der Waals surface area contributed by atoms with E-state index in [1.165, 1.54) is 10.4 Å². The van der Waals surface area contributed by atoms with Crippen LogP contribution in [0.3, 0.4) is 0 Å². The van der Waals surface area contributed by atoms with E-state index in [-0.39, 0.29) is 25.1 Å². The smallest absolute Gasteiger partial charge is 0.326 e. The molecule has 164 valence electrons. The Balaban J connectivity index is 2.04. The van der Waals surface area contributed by atoms with Crippen LogP contribution in [0.4, 0.5) is 24.5 Å². The van der Waals surface area contributed by atoms with Gasteiger partial charge in [0.15, 0.2) is 0 Å². The van der Waals surface area contributed by atoms with Crippen LogP contribution in [0.25, 0.3) is 0 Å². The third-order valence-corrected chi connectivity index (χ3v) is 6.02. The third kappa shape index (κ3) is 6.37. The first-order valence-corrected chi connectivity index (χ1v) is 11.2. The molecule has 0 bridgehead atoms. The number of nitrogens with zero attached hydrogens (tertiary/aromatic N) is 1.